The van der Waals surface area contributed by atoms with E-state index >= 15 is 0 Å². The van der Waals surface area contributed by atoms with E-state index in [2.05, 4.69) is 30.2 Å². The molecule has 1 amide bonds. The number of aromatic nitrogens is 4. The molecule has 1 aliphatic carbocycles. The number of hydrogen-bond acceptors (Lipinski definition) is 5. The van der Waals surface area contributed by atoms with Crippen LogP contribution in [0.4, 0.5) is 17.2 Å². The molecule has 114 valence electrons. The maximum absolute atomic E-state index is 11.5. The van der Waals surface area contributed by atoms with Crippen molar-refractivity contribution in [2.45, 2.75) is 25.3 Å². The lowest BCUT2D eigenvalue weighted by Crippen LogP contribution is -2.03. The first-order chi connectivity index (χ1) is 11.3. The summed E-state index contributed by atoms with van der Waals surface area (Å²) in [5, 5.41) is 6.13. The van der Waals surface area contributed by atoms with Gasteiger partial charge in [0, 0.05) is 17.4 Å². The van der Waals surface area contributed by atoms with Crippen molar-refractivity contribution in [1.29, 1.82) is 0 Å². The Morgan fingerprint density at radius 1 is 1.22 bits per heavy atom. The average molecular weight is 306 g/mol. The number of fused-ring (bicyclic) bond motifs is 2. The Bertz CT molecular complexity index is 943. The van der Waals surface area contributed by atoms with Gasteiger partial charge >= 0.3 is 0 Å². The highest BCUT2D eigenvalue weighted by Gasteiger charge is 2.26. The van der Waals surface area contributed by atoms with Crippen LogP contribution in [0.3, 0.4) is 0 Å². The van der Waals surface area contributed by atoms with Gasteiger partial charge in [0.25, 0.3) is 0 Å². The third-order valence-electron chi connectivity index (χ3n) is 4.29. The topological polar surface area (TPSA) is 84.7 Å². The molecule has 0 spiro atoms. The number of rotatable bonds is 3. The standard InChI is InChI=1S/C16H14N6O/c23-13-6-9-5-10(1-4-12(9)21-13)20-15-14-16(18-7-17-15)22(8-19-14)11-2-3-11/h1,4-5,7-8,11H,2-3,6H2,(H,21,23)(H,17,18,20). The zero-order chi connectivity index (χ0) is 15.4. The minimum atomic E-state index is 0.0322. The van der Waals surface area contributed by atoms with Gasteiger partial charge in [-0.1, -0.05) is 0 Å². The van der Waals surface area contributed by atoms with Gasteiger partial charge in [0.15, 0.2) is 17.0 Å². The van der Waals surface area contributed by atoms with E-state index in [0.717, 1.165) is 28.1 Å². The number of nitrogens with one attached hydrogen (secondary N) is 2. The van der Waals surface area contributed by atoms with Crippen molar-refractivity contribution in [2.75, 3.05) is 10.6 Å². The Labute approximate surface area is 131 Å². The molecule has 0 radical (unpaired) electrons. The van der Waals surface area contributed by atoms with Crippen molar-refractivity contribution < 1.29 is 4.79 Å². The van der Waals surface area contributed by atoms with E-state index in [0.29, 0.717) is 18.3 Å². The second-order valence-corrected chi connectivity index (χ2v) is 6.00. The van der Waals surface area contributed by atoms with Gasteiger partial charge in [0.05, 0.1) is 12.7 Å². The van der Waals surface area contributed by atoms with Gasteiger partial charge in [-0.3, -0.25) is 4.79 Å². The molecule has 7 nitrogen and oxygen atoms in total. The van der Waals surface area contributed by atoms with Crippen LogP contribution in [0.5, 0.6) is 0 Å². The van der Waals surface area contributed by atoms with Crippen molar-refractivity contribution >= 4 is 34.3 Å². The second kappa shape index (κ2) is 4.52. The van der Waals surface area contributed by atoms with Crippen LogP contribution in [0.2, 0.25) is 0 Å². The smallest absolute Gasteiger partial charge is 0.228 e. The maximum atomic E-state index is 11.5. The van der Waals surface area contributed by atoms with E-state index in [1.54, 1.807) is 6.33 Å². The van der Waals surface area contributed by atoms with E-state index in [-0.39, 0.29) is 5.91 Å². The van der Waals surface area contributed by atoms with Gasteiger partial charge in [0.1, 0.15) is 6.33 Å². The van der Waals surface area contributed by atoms with Gasteiger partial charge in [-0.05, 0) is 36.6 Å². The molecule has 2 N–H and O–H groups in total. The van der Waals surface area contributed by atoms with Crippen molar-refractivity contribution in [3.05, 3.63) is 36.4 Å². The summed E-state index contributed by atoms with van der Waals surface area (Å²) in [6.45, 7) is 0. The number of imidazole rings is 1. The fourth-order valence-corrected chi connectivity index (χ4v) is 3.01. The molecule has 1 aliphatic heterocycles. The number of carbonyl (C=O) groups is 1. The largest absolute Gasteiger partial charge is 0.338 e. The fourth-order valence-electron chi connectivity index (χ4n) is 3.01. The summed E-state index contributed by atoms with van der Waals surface area (Å²) < 4.78 is 2.12. The molecular weight excluding hydrogens is 292 g/mol. The lowest BCUT2D eigenvalue weighted by atomic mass is 10.1. The normalized spacial score (nSPS) is 16.4. The van der Waals surface area contributed by atoms with E-state index in [1.165, 1.54) is 12.8 Å². The average Bonchev–Trinajstić information content (AvgIpc) is 3.17. The monoisotopic (exact) mass is 306 g/mol. The van der Waals surface area contributed by atoms with Crippen LogP contribution >= 0.6 is 0 Å². The highest BCUT2D eigenvalue weighted by atomic mass is 16.1. The SMILES string of the molecule is O=C1Cc2cc(Nc3ncnc4c3ncn4C3CC3)ccc2N1. The molecule has 3 heterocycles. The van der Waals surface area contributed by atoms with Crippen LogP contribution < -0.4 is 10.6 Å². The minimum Gasteiger partial charge on any atom is -0.338 e. The third kappa shape index (κ3) is 2.04. The lowest BCUT2D eigenvalue weighted by Gasteiger charge is -2.08. The molecule has 3 aromatic rings. The van der Waals surface area contributed by atoms with Crippen LogP contribution in [0.25, 0.3) is 11.2 Å². The first kappa shape index (κ1) is 12.6. The summed E-state index contributed by atoms with van der Waals surface area (Å²) in [5.41, 5.74) is 4.40. The summed E-state index contributed by atoms with van der Waals surface area (Å²) in [7, 11) is 0. The van der Waals surface area contributed by atoms with Gasteiger partial charge in [-0.2, -0.15) is 0 Å². The highest BCUT2D eigenvalue weighted by molar-refractivity contribution is 5.99. The Morgan fingerprint density at radius 3 is 3.00 bits per heavy atom. The molecular formula is C16H14N6O. The summed E-state index contributed by atoms with van der Waals surface area (Å²) in [5.74, 6) is 0.719. The fraction of sp³-hybridized carbons (Fsp3) is 0.250. The Balaban J connectivity index is 1.52. The van der Waals surface area contributed by atoms with Crippen molar-refractivity contribution in [3.63, 3.8) is 0 Å². The Hall–Kier alpha value is -2.96. The van der Waals surface area contributed by atoms with Gasteiger partial charge in [-0.15, -0.1) is 0 Å². The third-order valence-corrected chi connectivity index (χ3v) is 4.29. The first-order valence-corrected chi connectivity index (χ1v) is 7.65. The minimum absolute atomic E-state index is 0.0322. The van der Waals surface area contributed by atoms with Gasteiger partial charge in [-0.25, -0.2) is 15.0 Å². The number of nitrogens with zero attached hydrogens (tertiary/aromatic N) is 4. The van der Waals surface area contributed by atoms with Crippen LogP contribution in [-0.4, -0.2) is 25.4 Å². The zero-order valence-corrected chi connectivity index (χ0v) is 12.3. The summed E-state index contributed by atoms with van der Waals surface area (Å²) >= 11 is 0. The molecule has 0 unspecified atom stereocenters. The summed E-state index contributed by atoms with van der Waals surface area (Å²) in [4.78, 5) is 24.6. The van der Waals surface area contributed by atoms with E-state index in [9.17, 15) is 4.79 Å². The molecule has 0 bridgehead atoms. The van der Waals surface area contributed by atoms with Gasteiger partial charge in [0.2, 0.25) is 5.91 Å². The van der Waals surface area contributed by atoms with E-state index in [4.69, 9.17) is 0 Å². The van der Waals surface area contributed by atoms with Crippen LogP contribution in [0, 0.1) is 0 Å². The van der Waals surface area contributed by atoms with E-state index in [1.807, 2.05) is 24.5 Å². The summed E-state index contributed by atoms with van der Waals surface area (Å²) in [6.07, 6.45) is 6.19. The first-order valence-electron chi connectivity index (χ1n) is 7.65. The molecule has 1 aromatic carbocycles. The molecule has 7 heteroatoms. The predicted molar refractivity (Wildman–Crippen MR) is 85.7 cm³/mol. The molecule has 0 atom stereocenters. The van der Waals surface area contributed by atoms with Crippen molar-refractivity contribution in [2.24, 2.45) is 0 Å². The molecule has 2 aromatic heterocycles. The predicted octanol–water partition coefficient (Wildman–Crippen LogP) is 2.40. The van der Waals surface area contributed by atoms with Crippen LogP contribution in [0.15, 0.2) is 30.9 Å². The maximum Gasteiger partial charge on any atom is 0.228 e. The van der Waals surface area contributed by atoms with E-state index < -0.39 is 0 Å². The molecule has 0 saturated heterocycles. The van der Waals surface area contributed by atoms with Crippen LogP contribution in [0.1, 0.15) is 24.4 Å². The molecule has 23 heavy (non-hydrogen) atoms. The second-order valence-electron chi connectivity index (χ2n) is 6.00. The molecule has 5 rings (SSSR count). The zero-order valence-electron chi connectivity index (χ0n) is 12.3. The number of carbonyl (C=O) groups excluding carboxylic acids is 1. The van der Waals surface area contributed by atoms with Crippen LogP contribution in [-0.2, 0) is 11.2 Å². The van der Waals surface area contributed by atoms with Gasteiger partial charge < -0.3 is 15.2 Å². The van der Waals surface area contributed by atoms with Crippen molar-refractivity contribution in [1.82, 2.24) is 19.5 Å². The summed E-state index contributed by atoms with van der Waals surface area (Å²) in [6, 6.07) is 6.33. The number of amides is 1. The lowest BCUT2D eigenvalue weighted by molar-refractivity contribution is -0.115. The molecule has 1 saturated carbocycles. The Morgan fingerprint density at radius 2 is 2.13 bits per heavy atom. The quantitative estimate of drug-likeness (QED) is 0.776. The number of hydrogen-bond donors (Lipinski definition) is 2. The Kier molecular flexibility index (Phi) is 2.47. The van der Waals surface area contributed by atoms with Crippen molar-refractivity contribution in [3.8, 4) is 0 Å². The number of anilines is 3. The molecule has 2 aliphatic rings. The highest BCUT2D eigenvalue weighted by Crippen LogP contribution is 2.37. The molecule has 1 fully saturated rings. The number of benzene rings is 1.